The summed E-state index contributed by atoms with van der Waals surface area (Å²) in [5.41, 5.74) is 1.15. The Labute approximate surface area is 140 Å². The van der Waals surface area contributed by atoms with Gasteiger partial charge in [-0.1, -0.05) is 18.2 Å². The lowest BCUT2D eigenvalue weighted by molar-refractivity contribution is 0.0475. The fourth-order valence-corrected chi connectivity index (χ4v) is 2.43. The molecule has 0 unspecified atom stereocenters. The summed E-state index contributed by atoms with van der Waals surface area (Å²) < 4.78 is 29.0. The maximum absolute atomic E-state index is 12.0. The van der Waals surface area contributed by atoms with Crippen LogP contribution in [0.15, 0.2) is 54.6 Å². The van der Waals surface area contributed by atoms with Crippen molar-refractivity contribution in [2.45, 2.75) is 0 Å². The van der Waals surface area contributed by atoms with Crippen LogP contribution in [-0.4, -0.2) is 40.1 Å². The molecule has 0 heterocycles. The zero-order chi connectivity index (χ0) is 17.7. The predicted octanol–water partition coefficient (Wildman–Crippen LogP) is 2.12. The van der Waals surface area contributed by atoms with Crippen molar-refractivity contribution < 1.29 is 22.7 Å². The van der Waals surface area contributed by atoms with Crippen LogP contribution in [0.1, 0.15) is 20.7 Å². The maximum atomic E-state index is 12.0. The smallest absolute Gasteiger partial charge is 0.338 e. The van der Waals surface area contributed by atoms with Crippen LogP contribution in [0.4, 0.5) is 5.69 Å². The molecule has 0 saturated carbocycles. The number of carbonyl (C=O) groups is 2. The van der Waals surface area contributed by atoms with Crippen LogP contribution in [0.5, 0.6) is 0 Å². The van der Waals surface area contributed by atoms with Crippen molar-refractivity contribution in [2.24, 2.45) is 0 Å². The quantitative estimate of drug-likeness (QED) is 0.591. The molecule has 2 rings (SSSR count). The van der Waals surface area contributed by atoms with Gasteiger partial charge in [0.2, 0.25) is 10.0 Å². The highest BCUT2D eigenvalue weighted by Gasteiger charge is 2.14. The van der Waals surface area contributed by atoms with Gasteiger partial charge in [-0.25, -0.2) is 13.2 Å². The van der Waals surface area contributed by atoms with Crippen molar-refractivity contribution >= 4 is 27.5 Å². The van der Waals surface area contributed by atoms with Gasteiger partial charge in [0.25, 0.3) is 0 Å². The fourth-order valence-electron chi connectivity index (χ4n) is 1.92. The normalized spacial score (nSPS) is 10.9. The molecule has 2 aromatic carbocycles. The van der Waals surface area contributed by atoms with E-state index in [-0.39, 0.29) is 12.4 Å². The van der Waals surface area contributed by atoms with E-state index in [0.29, 0.717) is 16.8 Å². The summed E-state index contributed by atoms with van der Waals surface area (Å²) in [7, 11) is -1.94. The molecule has 0 atom stereocenters. The van der Waals surface area contributed by atoms with Gasteiger partial charge in [-0.3, -0.25) is 9.10 Å². The van der Waals surface area contributed by atoms with Crippen LogP contribution in [-0.2, 0) is 14.8 Å². The first-order chi connectivity index (χ1) is 11.3. The Kier molecular flexibility index (Phi) is 5.35. The highest BCUT2D eigenvalue weighted by atomic mass is 32.2. The van der Waals surface area contributed by atoms with Gasteiger partial charge < -0.3 is 4.74 Å². The monoisotopic (exact) mass is 347 g/mol. The third-order valence-corrected chi connectivity index (χ3v) is 4.60. The topological polar surface area (TPSA) is 80.8 Å². The minimum atomic E-state index is -3.36. The number of hydrogen-bond donors (Lipinski definition) is 0. The Morgan fingerprint density at radius 1 is 0.958 bits per heavy atom. The number of ketones is 1. The maximum Gasteiger partial charge on any atom is 0.338 e. The second-order valence-corrected chi connectivity index (χ2v) is 7.16. The molecule has 7 heteroatoms. The third kappa shape index (κ3) is 4.42. The molecule has 0 spiro atoms. The molecule has 0 amide bonds. The average Bonchev–Trinajstić information content (AvgIpc) is 2.58. The van der Waals surface area contributed by atoms with Crippen LogP contribution >= 0.6 is 0 Å². The van der Waals surface area contributed by atoms with Gasteiger partial charge in [0, 0.05) is 12.6 Å². The van der Waals surface area contributed by atoms with E-state index in [1.807, 2.05) is 0 Å². The standard InChI is InChI=1S/C17H17NO5S/c1-18(24(2,21)22)15-10-8-13(9-11-15)16(19)12-23-17(20)14-6-4-3-5-7-14/h3-11H,12H2,1-2H3. The summed E-state index contributed by atoms with van der Waals surface area (Å²) >= 11 is 0. The van der Waals surface area contributed by atoms with E-state index in [1.54, 1.807) is 30.3 Å². The van der Waals surface area contributed by atoms with Crippen LogP contribution in [0, 0.1) is 0 Å². The van der Waals surface area contributed by atoms with Gasteiger partial charge in [0.15, 0.2) is 12.4 Å². The number of hydrogen-bond acceptors (Lipinski definition) is 5. The van der Waals surface area contributed by atoms with Crippen LogP contribution in [0.3, 0.4) is 0 Å². The molecule has 0 aliphatic heterocycles. The number of sulfonamides is 1. The van der Waals surface area contributed by atoms with E-state index >= 15 is 0 Å². The number of benzene rings is 2. The summed E-state index contributed by atoms with van der Waals surface area (Å²) in [6, 6.07) is 14.4. The molecule has 0 fully saturated rings. The van der Waals surface area contributed by atoms with E-state index in [1.165, 1.54) is 31.3 Å². The first kappa shape index (κ1) is 17.7. The molecule has 0 aliphatic carbocycles. The number of ether oxygens (including phenoxy) is 1. The van der Waals surface area contributed by atoms with Gasteiger partial charge in [0.05, 0.1) is 17.5 Å². The Bertz CT molecular complexity index is 829. The zero-order valence-corrected chi connectivity index (χ0v) is 14.1. The second-order valence-electron chi connectivity index (χ2n) is 5.14. The number of rotatable bonds is 6. The fraction of sp³-hybridized carbons (Fsp3) is 0.176. The highest BCUT2D eigenvalue weighted by molar-refractivity contribution is 7.92. The Morgan fingerprint density at radius 2 is 1.54 bits per heavy atom. The third-order valence-electron chi connectivity index (χ3n) is 3.39. The highest BCUT2D eigenvalue weighted by Crippen LogP contribution is 2.16. The predicted molar refractivity (Wildman–Crippen MR) is 90.7 cm³/mol. The molecule has 0 saturated heterocycles. The van der Waals surface area contributed by atoms with Crippen molar-refractivity contribution in [3.63, 3.8) is 0 Å². The summed E-state index contributed by atoms with van der Waals surface area (Å²) in [4.78, 5) is 23.8. The van der Waals surface area contributed by atoms with E-state index < -0.39 is 16.0 Å². The number of carbonyl (C=O) groups excluding carboxylic acids is 2. The van der Waals surface area contributed by atoms with Gasteiger partial charge in [0.1, 0.15) is 0 Å². The number of esters is 1. The first-order valence-corrected chi connectivity index (χ1v) is 8.93. The van der Waals surface area contributed by atoms with Crippen molar-refractivity contribution in [1.82, 2.24) is 0 Å². The molecular formula is C17H17NO5S. The Morgan fingerprint density at radius 3 is 2.08 bits per heavy atom. The lowest BCUT2D eigenvalue weighted by Crippen LogP contribution is -2.24. The second kappa shape index (κ2) is 7.27. The lowest BCUT2D eigenvalue weighted by Gasteiger charge is -2.16. The van der Waals surface area contributed by atoms with Crippen LogP contribution < -0.4 is 4.31 Å². The molecule has 0 aliphatic rings. The number of anilines is 1. The molecule has 126 valence electrons. The first-order valence-electron chi connectivity index (χ1n) is 7.08. The van der Waals surface area contributed by atoms with Gasteiger partial charge in [-0.05, 0) is 36.4 Å². The Hall–Kier alpha value is -2.67. The minimum Gasteiger partial charge on any atom is -0.454 e. The molecular weight excluding hydrogens is 330 g/mol. The van der Waals surface area contributed by atoms with Gasteiger partial charge in [-0.2, -0.15) is 0 Å². The SMILES string of the molecule is CN(c1ccc(C(=O)COC(=O)c2ccccc2)cc1)S(C)(=O)=O. The molecule has 24 heavy (non-hydrogen) atoms. The van der Waals surface area contributed by atoms with Crippen molar-refractivity contribution in [3.05, 3.63) is 65.7 Å². The van der Waals surface area contributed by atoms with E-state index in [4.69, 9.17) is 4.74 Å². The largest absolute Gasteiger partial charge is 0.454 e. The van der Waals surface area contributed by atoms with Crippen LogP contribution in [0.2, 0.25) is 0 Å². The van der Waals surface area contributed by atoms with E-state index in [9.17, 15) is 18.0 Å². The van der Waals surface area contributed by atoms with E-state index in [0.717, 1.165) is 10.6 Å². The lowest BCUT2D eigenvalue weighted by atomic mass is 10.1. The Balaban J connectivity index is 1.99. The van der Waals surface area contributed by atoms with Gasteiger partial charge in [-0.15, -0.1) is 0 Å². The average molecular weight is 347 g/mol. The molecule has 0 aromatic heterocycles. The molecule has 6 nitrogen and oxygen atoms in total. The molecule has 0 bridgehead atoms. The van der Waals surface area contributed by atoms with Gasteiger partial charge >= 0.3 is 5.97 Å². The molecule has 0 N–H and O–H groups in total. The van der Waals surface area contributed by atoms with E-state index in [2.05, 4.69) is 0 Å². The summed E-state index contributed by atoms with van der Waals surface area (Å²) in [6.45, 7) is -0.380. The summed E-state index contributed by atoms with van der Waals surface area (Å²) in [6.07, 6.45) is 1.09. The number of Topliss-reactive ketones (excluding diaryl/α,β-unsaturated/α-hetero) is 1. The minimum absolute atomic E-state index is 0.335. The number of nitrogens with zero attached hydrogens (tertiary/aromatic N) is 1. The summed E-state index contributed by atoms with van der Waals surface area (Å²) in [5, 5.41) is 0. The van der Waals surface area contributed by atoms with Crippen molar-refractivity contribution in [3.8, 4) is 0 Å². The van der Waals surface area contributed by atoms with Crippen molar-refractivity contribution in [1.29, 1.82) is 0 Å². The molecule has 2 aromatic rings. The summed E-state index contributed by atoms with van der Waals surface area (Å²) in [5.74, 6) is -0.940. The molecule has 0 radical (unpaired) electrons. The van der Waals surface area contributed by atoms with Crippen molar-refractivity contribution in [2.75, 3.05) is 24.2 Å². The van der Waals surface area contributed by atoms with Crippen LogP contribution in [0.25, 0.3) is 0 Å². The zero-order valence-electron chi connectivity index (χ0n) is 13.3.